The van der Waals surface area contributed by atoms with Gasteiger partial charge < -0.3 is 14.2 Å². The second kappa shape index (κ2) is 7.50. The highest BCUT2D eigenvalue weighted by Crippen LogP contribution is 2.41. The molecule has 1 N–H and O–H groups in total. The Bertz CT molecular complexity index is 910. The number of urea groups is 1. The van der Waals surface area contributed by atoms with E-state index < -0.39 is 17.8 Å². The summed E-state index contributed by atoms with van der Waals surface area (Å²) >= 11 is 1.37. The summed E-state index contributed by atoms with van der Waals surface area (Å²) in [6.45, 7) is 0. The van der Waals surface area contributed by atoms with Gasteiger partial charge in [0, 0.05) is 17.0 Å². The fourth-order valence-electron chi connectivity index (χ4n) is 2.60. The van der Waals surface area contributed by atoms with E-state index in [0.29, 0.717) is 10.6 Å². The number of nitrogens with one attached hydrogen (secondary N) is 1. The standard InChI is InChI=1S/C18H16N2O6S/c1-24-13-7-10(8-14(25-2)15(13)26-3)20-17(22)12(16(21)19-18(20)23)9-11-5-4-6-27-11/h4-9H,1-3H3,(H,19,21,23). The number of hydrogen-bond donors (Lipinski definition) is 1. The molecule has 1 aliphatic rings. The van der Waals surface area contributed by atoms with Crippen LogP contribution >= 0.6 is 11.3 Å². The van der Waals surface area contributed by atoms with Gasteiger partial charge in [0.05, 0.1) is 27.0 Å². The molecule has 2 heterocycles. The van der Waals surface area contributed by atoms with Gasteiger partial charge in [-0.1, -0.05) is 6.07 Å². The Hall–Kier alpha value is -3.33. The van der Waals surface area contributed by atoms with Gasteiger partial charge in [0.2, 0.25) is 5.75 Å². The minimum Gasteiger partial charge on any atom is -0.493 e. The Kier molecular flexibility index (Phi) is 5.13. The van der Waals surface area contributed by atoms with Crippen LogP contribution in [-0.4, -0.2) is 39.2 Å². The number of benzene rings is 1. The number of hydrogen-bond acceptors (Lipinski definition) is 7. The first-order valence-electron chi connectivity index (χ1n) is 7.75. The van der Waals surface area contributed by atoms with Crippen molar-refractivity contribution >= 4 is 40.9 Å². The number of carbonyl (C=O) groups excluding carboxylic acids is 3. The van der Waals surface area contributed by atoms with Crippen molar-refractivity contribution in [2.24, 2.45) is 0 Å². The number of nitrogens with zero attached hydrogens (tertiary/aromatic N) is 1. The third-order valence-corrected chi connectivity index (χ3v) is 4.66. The first kappa shape index (κ1) is 18.5. The summed E-state index contributed by atoms with van der Waals surface area (Å²) in [7, 11) is 4.29. The van der Waals surface area contributed by atoms with Gasteiger partial charge in [-0.25, -0.2) is 9.69 Å². The highest BCUT2D eigenvalue weighted by atomic mass is 32.1. The van der Waals surface area contributed by atoms with E-state index in [4.69, 9.17) is 14.2 Å². The summed E-state index contributed by atoms with van der Waals surface area (Å²) in [5.74, 6) is -0.631. The molecule has 0 bridgehead atoms. The van der Waals surface area contributed by atoms with E-state index in [1.165, 1.54) is 50.9 Å². The molecule has 0 aliphatic carbocycles. The molecular weight excluding hydrogens is 372 g/mol. The molecule has 2 aromatic rings. The van der Waals surface area contributed by atoms with E-state index in [2.05, 4.69) is 5.32 Å². The molecule has 8 nitrogen and oxygen atoms in total. The van der Waals surface area contributed by atoms with Crippen LogP contribution in [0.2, 0.25) is 0 Å². The summed E-state index contributed by atoms with van der Waals surface area (Å²) in [6, 6.07) is 5.61. The van der Waals surface area contributed by atoms with E-state index in [9.17, 15) is 14.4 Å². The van der Waals surface area contributed by atoms with Crippen molar-refractivity contribution in [3.63, 3.8) is 0 Å². The number of anilines is 1. The maximum Gasteiger partial charge on any atom is 0.335 e. The lowest BCUT2D eigenvalue weighted by Gasteiger charge is -2.27. The van der Waals surface area contributed by atoms with E-state index in [1.54, 1.807) is 12.1 Å². The van der Waals surface area contributed by atoms with Crippen LogP contribution in [0, 0.1) is 0 Å². The van der Waals surface area contributed by atoms with E-state index >= 15 is 0 Å². The zero-order valence-corrected chi connectivity index (χ0v) is 15.6. The number of ether oxygens (including phenoxy) is 3. The van der Waals surface area contributed by atoms with Gasteiger partial charge in [0.25, 0.3) is 11.8 Å². The molecule has 0 radical (unpaired) electrons. The Labute approximate surface area is 158 Å². The second-order valence-corrected chi connectivity index (χ2v) is 6.34. The number of carbonyl (C=O) groups is 3. The molecule has 4 amide bonds. The fourth-order valence-corrected chi connectivity index (χ4v) is 3.26. The molecule has 3 rings (SSSR count). The first-order valence-corrected chi connectivity index (χ1v) is 8.63. The Balaban J connectivity index is 2.08. The van der Waals surface area contributed by atoms with Gasteiger partial charge in [-0.3, -0.25) is 14.9 Å². The predicted molar refractivity (Wildman–Crippen MR) is 99.4 cm³/mol. The van der Waals surface area contributed by atoms with Crippen molar-refractivity contribution in [2.75, 3.05) is 26.2 Å². The SMILES string of the molecule is COc1cc(N2C(=O)NC(=O)C(=Cc3cccs3)C2=O)cc(OC)c1OC. The van der Waals surface area contributed by atoms with Gasteiger partial charge in [0.1, 0.15) is 5.57 Å². The highest BCUT2D eigenvalue weighted by molar-refractivity contribution is 7.10. The Morgan fingerprint density at radius 3 is 2.22 bits per heavy atom. The quantitative estimate of drug-likeness (QED) is 0.625. The highest BCUT2D eigenvalue weighted by Gasteiger charge is 2.37. The summed E-state index contributed by atoms with van der Waals surface area (Å²) in [5.41, 5.74) is 0.0300. The van der Waals surface area contributed by atoms with Crippen molar-refractivity contribution in [1.82, 2.24) is 5.32 Å². The topological polar surface area (TPSA) is 94.2 Å². The molecule has 1 aromatic carbocycles. The number of amides is 4. The van der Waals surface area contributed by atoms with Gasteiger partial charge in [0.15, 0.2) is 11.5 Å². The largest absolute Gasteiger partial charge is 0.493 e. The molecule has 27 heavy (non-hydrogen) atoms. The molecule has 1 fully saturated rings. The van der Waals surface area contributed by atoms with Crippen molar-refractivity contribution in [3.8, 4) is 17.2 Å². The van der Waals surface area contributed by atoms with Crippen LogP contribution in [-0.2, 0) is 9.59 Å². The number of imide groups is 2. The van der Waals surface area contributed by atoms with Crippen LogP contribution in [0.25, 0.3) is 6.08 Å². The number of methoxy groups -OCH3 is 3. The van der Waals surface area contributed by atoms with Crippen molar-refractivity contribution in [2.45, 2.75) is 0 Å². The Morgan fingerprint density at radius 2 is 1.70 bits per heavy atom. The lowest BCUT2D eigenvalue weighted by molar-refractivity contribution is -0.122. The molecule has 140 valence electrons. The molecule has 1 aromatic heterocycles. The normalized spacial score (nSPS) is 15.7. The molecule has 0 saturated carbocycles. The van der Waals surface area contributed by atoms with Crippen molar-refractivity contribution in [1.29, 1.82) is 0 Å². The Morgan fingerprint density at radius 1 is 1.04 bits per heavy atom. The van der Waals surface area contributed by atoms with Crippen molar-refractivity contribution in [3.05, 3.63) is 40.1 Å². The molecule has 1 aliphatic heterocycles. The first-order chi connectivity index (χ1) is 13.0. The summed E-state index contributed by atoms with van der Waals surface area (Å²) < 4.78 is 15.8. The van der Waals surface area contributed by atoms with Gasteiger partial charge in [-0.2, -0.15) is 0 Å². The lowest BCUT2D eigenvalue weighted by Crippen LogP contribution is -2.54. The zero-order chi connectivity index (χ0) is 19.6. The predicted octanol–water partition coefficient (Wildman–Crippen LogP) is 2.44. The summed E-state index contributed by atoms with van der Waals surface area (Å²) in [4.78, 5) is 39.0. The smallest absolute Gasteiger partial charge is 0.335 e. The molecule has 1 saturated heterocycles. The minimum atomic E-state index is -0.859. The molecule has 0 unspecified atom stereocenters. The van der Waals surface area contributed by atoms with Crippen molar-refractivity contribution < 1.29 is 28.6 Å². The average Bonchev–Trinajstić information content (AvgIpc) is 3.17. The molecular formula is C18H16N2O6S. The molecule has 9 heteroatoms. The minimum absolute atomic E-state index is 0.147. The average molecular weight is 388 g/mol. The monoisotopic (exact) mass is 388 g/mol. The number of barbiturate groups is 1. The maximum absolute atomic E-state index is 12.9. The van der Waals surface area contributed by atoms with Crippen LogP contribution in [0.4, 0.5) is 10.5 Å². The number of rotatable bonds is 5. The van der Waals surface area contributed by atoms with Gasteiger partial charge in [-0.15, -0.1) is 11.3 Å². The lowest BCUT2D eigenvalue weighted by atomic mass is 10.1. The molecule has 0 atom stereocenters. The number of thiophene rings is 1. The summed E-state index contributed by atoms with van der Waals surface area (Å²) in [6.07, 6.45) is 1.44. The van der Waals surface area contributed by atoms with Crippen LogP contribution in [0.3, 0.4) is 0 Å². The second-order valence-electron chi connectivity index (χ2n) is 5.36. The molecule has 0 spiro atoms. The van der Waals surface area contributed by atoms with E-state index in [-0.39, 0.29) is 22.8 Å². The zero-order valence-electron chi connectivity index (χ0n) is 14.8. The van der Waals surface area contributed by atoms with Crippen LogP contribution in [0.15, 0.2) is 35.2 Å². The third kappa shape index (κ3) is 3.36. The fraction of sp³-hybridized carbons (Fsp3) is 0.167. The van der Waals surface area contributed by atoms with Crippen LogP contribution in [0.5, 0.6) is 17.2 Å². The van der Waals surface area contributed by atoms with Crippen LogP contribution in [0.1, 0.15) is 4.88 Å². The maximum atomic E-state index is 12.9. The van der Waals surface area contributed by atoms with Crippen LogP contribution < -0.4 is 24.4 Å². The van der Waals surface area contributed by atoms with E-state index in [1.807, 2.05) is 5.38 Å². The summed E-state index contributed by atoms with van der Waals surface area (Å²) in [5, 5.41) is 3.99. The van der Waals surface area contributed by atoms with Gasteiger partial charge in [-0.05, 0) is 17.5 Å². The van der Waals surface area contributed by atoms with Gasteiger partial charge >= 0.3 is 6.03 Å². The van der Waals surface area contributed by atoms with E-state index in [0.717, 1.165) is 4.90 Å². The third-order valence-electron chi connectivity index (χ3n) is 3.84.